The second-order valence-corrected chi connectivity index (χ2v) is 10.4. The van der Waals surface area contributed by atoms with Crippen LogP contribution in [-0.2, 0) is 23.9 Å². The van der Waals surface area contributed by atoms with E-state index >= 15 is 0 Å². The van der Waals surface area contributed by atoms with Gasteiger partial charge in [0, 0.05) is 37.3 Å². The highest BCUT2D eigenvalue weighted by molar-refractivity contribution is 5.94. The molecule has 7 nitrogen and oxygen atoms in total. The van der Waals surface area contributed by atoms with Crippen molar-refractivity contribution in [3.8, 4) is 0 Å². The van der Waals surface area contributed by atoms with Crippen molar-refractivity contribution in [2.75, 3.05) is 27.2 Å². The summed E-state index contributed by atoms with van der Waals surface area (Å²) in [5, 5.41) is 0. The first-order valence-corrected chi connectivity index (χ1v) is 11.1. The van der Waals surface area contributed by atoms with Gasteiger partial charge in [-0.1, -0.05) is 13.8 Å². The lowest BCUT2D eigenvalue weighted by Gasteiger charge is -2.62. The van der Waals surface area contributed by atoms with Crippen LogP contribution < -0.4 is 0 Å². The molecule has 31 heavy (non-hydrogen) atoms. The minimum atomic E-state index is -0.763. The lowest BCUT2D eigenvalue weighted by Crippen LogP contribution is -2.66. The van der Waals surface area contributed by atoms with Gasteiger partial charge in [-0.05, 0) is 49.8 Å². The molecule has 7 atom stereocenters. The van der Waals surface area contributed by atoms with E-state index in [1.165, 1.54) is 6.92 Å². The summed E-state index contributed by atoms with van der Waals surface area (Å²) in [6, 6.07) is 1.87. The van der Waals surface area contributed by atoms with E-state index < -0.39 is 22.9 Å². The standard InChI is InChI=1S/C24H33NO6/c1-14(26)31-19-8-16(11-25(4)5)23(2)9-18(27)17-13-30-20(15-6-7-29-12-15)10-24(17,3)22(23)21(19)28/h6-7,12,16-17,19-20,22H,8-11,13H2,1-5H3/t16-,17+,19-,20-,22-,23-,24?/m0/s1. The number of ketones is 2. The molecule has 1 unspecified atom stereocenters. The van der Waals surface area contributed by atoms with Gasteiger partial charge in [-0.3, -0.25) is 14.4 Å². The smallest absolute Gasteiger partial charge is 0.303 e. The predicted molar refractivity (Wildman–Crippen MR) is 112 cm³/mol. The van der Waals surface area contributed by atoms with Gasteiger partial charge >= 0.3 is 5.97 Å². The van der Waals surface area contributed by atoms with Crippen molar-refractivity contribution in [3.63, 3.8) is 0 Å². The van der Waals surface area contributed by atoms with Crippen molar-refractivity contribution < 1.29 is 28.3 Å². The van der Waals surface area contributed by atoms with Crippen LogP contribution in [0.15, 0.2) is 23.0 Å². The Morgan fingerprint density at radius 1 is 1.26 bits per heavy atom. The highest BCUT2D eigenvalue weighted by Gasteiger charge is 2.66. The number of ether oxygens (including phenoxy) is 2. The molecule has 3 aliphatic rings. The molecule has 0 bridgehead atoms. The Bertz CT molecular complexity index is 863. The Hall–Kier alpha value is -1.99. The summed E-state index contributed by atoms with van der Waals surface area (Å²) in [6.45, 7) is 6.53. The Kier molecular flexibility index (Phi) is 5.63. The van der Waals surface area contributed by atoms with Crippen LogP contribution in [0.4, 0.5) is 0 Å². The van der Waals surface area contributed by atoms with E-state index in [0.717, 1.165) is 12.1 Å². The first-order valence-electron chi connectivity index (χ1n) is 11.1. The van der Waals surface area contributed by atoms with Crippen LogP contribution in [0.2, 0.25) is 0 Å². The topological polar surface area (TPSA) is 86.1 Å². The Morgan fingerprint density at radius 3 is 2.61 bits per heavy atom. The Labute approximate surface area is 183 Å². The van der Waals surface area contributed by atoms with Gasteiger partial charge in [-0.2, -0.15) is 0 Å². The average Bonchev–Trinajstić information content (AvgIpc) is 3.19. The minimum Gasteiger partial charge on any atom is -0.472 e. The van der Waals surface area contributed by atoms with E-state index in [4.69, 9.17) is 13.9 Å². The predicted octanol–water partition coefficient (Wildman–Crippen LogP) is 3.04. The molecule has 0 aromatic carbocycles. The monoisotopic (exact) mass is 431 g/mol. The molecule has 7 heteroatoms. The summed E-state index contributed by atoms with van der Waals surface area (Å²) in [6.07, 6.45) is 3.64. The van der Waals surface area contributed by atoms with E-state index in [2.05, 4.69) is 18.7 Å². The van der Waals surface area contributed by atoms with Crippen molar-refractivity contribution >= 4 is 17.5 Å². The summed E-state index contributed by atoms with van der Waals surface area (Å²) in [5.74, 6) is -0.971. The van der Waals surface area contributed by atoms with Crippen LogP contribution in [0.25, 0.3) is 0 Å². The SMILES string of the molecule is CC(=O)O[C@H]1C[C@@H](CN(C)C)[C@]2(C)CC(=O)[C@H]3CO[C@H](c4ccoc4)CC3(C)[C@H]2C1=O. The fourth-order valence-electron chi connectivity index (χ4n) is 6.70. The van der Waals surface area contributed by atoms with Gasteiger partial charge in [-0.25, -0.2) is 0 Å². The third-order valence-electron chi connectivity index (χ3n) is 7.99. The number of furan rings is 1. The summed E-state index contributed by atoms with van der Waals surface area (Å²) in [7, 11) is 3.99. The summed E-state index contributed by atoms with van der Waals surface area (Å²) in [4.78, 5) is 41.1. The molecule has 1 saturated heterocycles. The van der Waals surface area contributed by atoms with Gasteiger partial charge in [0.25, 0.3) is 0 Å². The van der Waals surface area contributed by atoms with Crippen molar-refractivity contribution in [2.24, 2.45) is 28.6 Å². The molecule has 0 spiro atoms. The number of fused-ring (bicyclic) bond motifs is 3. The molecule has 3 fully saturated rings. The van der Waals surface area contributed by atoms with E-state index in [-0.39, 0.29) is 35.4 Å². The largest absolute Gasteiger partial charge is 0.472 e. The van der Waals surface area contributed by atoms with Crippen LogP contribution in [0.3, 0.4) is 0 Å². The van der Waals surface area contributed by atoms with Gasteiger partial charge in [0.05, 0.1) is 25.2 Å². The summed E-state index contributed by atoms with van der Waals surface area (Å²) >= 11 is 0. The molecule has 2 heterocycles. The molecule has 2 aliphatic carbocycles. The van der Waals surface area contributed by atoms with Crippen molar-refractivity contribution in [2.45, 2.75) is 52.2 Å². The van der Waals surface area contributed by atoms with Crippen LogP contribution in [-0.4, -0.2) is 55.8 Å². The van der Waals surface area contributed by atoms with Gasteiger partial charge in [0.1, 0.15) is 5.78 Å². The number of hydrogen-bond acceptors (Lipinski definition) is 7. The average molecular weight is 432 g/mol. The second-order valence-electron chi connectivity index (χ2n) is 10.4. The number of carbonyl (C=O) groups is 3. The minimum absolute atomic E-state index is 0.0412. The highest BCUT2D eigenvalue weighted by Crippen LogP contribution is 2.63. The number of carbonyl (C=O) groups excluding carboxylic acids is 3. The first kappa shape index (κ1) is 22.2. The number of Topliss-reactive ketones (excluding diaryl/α,β-unsaturated/α-hetero) is 2. The maximum absolute atomic E-state index is 13.8. The van der Waals surface area contributed by atoms with Gasteiger partial charge in [0.2, 0.25) is 0 Å². The van der Waals surface area contributed by atoms with E-state index in [9.17, 15) is 14.4 Å². The maximum atomic E-state index is 13.8. The zero-order valence-electron chi connectivity index (χ0n) is 19.1. The number of nitrogens with zero attached hydrogens (tertiary/aromatic N) is 1. The highest BCUT2D eigenvalue weighted by atomic mass is 16.5. The molecular formula is C24H33NO6. The molecule has 1 aromatic heterocycles. The van der Waals surface area contributed by atoms with Gasteiger partial charge in [-0.15, -0.1) is 0 Å². The quantitative estimate of drug-likeness (QED) is 0.677. The zero-order chi connectivity index (χ0) is 22.6. The van der Waals surface area contributed by atoms with Crippen LogP contribution in [0.1, 0.15) is 51.7 Å². The maximum Gasteiger partial charge on any atom is 0.303 e. The molecule has 1 aliphatic heterocycles. The number of esters is 1. The molecule has 0 N–H and O–H groups in total. The first-order chi connectivity index (χ1) is 14.6. The molecule has 4 rings (SSSR count). The fourth-order valence-corrected chi connectivity index (χ4v) is 6.70. The van der Waals surface area contributed by atoms with E-state index in [1.54, 1.807) is 12.5 Å². The number of rotatable bonds is 4. The fraction of sp³-hybridized carbons (Fsp3) is 0.708. The molecule has 2 saturated carbocycles. The normalized spacial score (nSPS) is 40.4. The van der Waals surface area contributed by atoms with Crippen LogP contribution in [0, 0.1) is 28.6 Å². The van der Waals surface area contributed by atoms with E-state index in [0.29, 0.717) is 25.9 Å². The third kappa shape index (κ3) is 3.65. The molecular weight excluding hydrogens is 398 g/mol. The van der Waals surface area contributed by atoms with Gasteiger partial charge in [0.15, 0.2) is 11.9 Å². The van der Waals surface area contributed by atoms with Crippen molar-refractivity contribution in [1.82, 2.24) is 4.90 Å². The molecule has 0 radical (unpaired) electrons. The Balaban J connectivity index is 1.77. The summed E-state index contributed by atoms with van der Waals surface area (Å²) in [5.41, 5.74) is -0.146. The summed E-state index contributed by atoms with van der Waals surface area (Å²) < 4.78 is 16.8. The van der Waals surface area contributed by atoms with Crippen molar-refractivity contribution in [3.05, 3.63) is 24.2 Å². The van der Waals surface area contributed by atoms with Gasteiger partial charge < -0.3 is 18.8 Å². The Morgan fingerprint density at radius 2 is 2.00 bits per heavy atom. The second kappa shape index (κ2) is 7.85. The zero-order valence-corrected chi connectivity index (χ0v) is 19.1. The lowest BCUT2D eigenvalue weighted by molar-refractivity contribution is -0.203. The molecule has 0 amide bonds. The number of hydrogen-bond donors (Lipinski definition) is 0. The molecule has 1 aromatic rings. The van der Waals surface area contributed by atoms with Crippen LogP contribution in [0.5, 0.6) is 0 Å². The lowest BCUT2D eigenvalue weighted by atomic mass is 9.43. The molecule has 170 valence electrons. The van der Waals surface area contributed by atoms with E-state index in [1.807, 2.05) is 20.2 Å². The van der Waals surface area contributed by atoms with Crippen LogP contribution >= 0.6 is 0 Å². The third-order valence-corrected chi connectivity index (χ3v) is 7.99. The van der Waals surface area contributed by atoms with Crippen molar-refractivity contribution in [1.29, 1.82) is 0 Å².